The van der Waals surface area contributed by atoms with Gasteiger partial charge in [-0.25, -0.2) is 0 Å². The molecule has 3 heterocycles. The number of likely N-dealkylation sites (tertiary alicyclic amines) is 1. The Hall–Kier alpha value is -0.730. The van der Waals surface area contributed by atoms with Gasteiger partial charge in [0.2, 0.25) is 5.91 Å². The predicted octanol–water partition coefficient (Wildman–Crippen LogP) is -0.770. The van der Waals surface area contributed by atoms with Crippen LogP contribution in [-0.2, 0) is 14.3 Å². The summed E-state index contributed by atoms with van der Waals surface area (Å²) >= 11 is 0. The van der Waals surface area contributed by atoms with Gasteiger partial charge in [0.25, 0.3) is 0 Å². The summed E-state index contributed by atoms with van der Waals surface area (Å²) in [6.45, 7) is 9.07. The Morgan fingerprint density at radius 1 is 1.17 bits per heavy atom. The lowest BCUT2D eigenvalue weighted by molar-refractivity contribution is -0.139. The molecule has 1 atom stereocenters. The lowest BCUT2D eigenvalue weighted by atomic mass is 10.0. The molecule has 0 aromatic rings. The highest BCUT2D eigenvalue weighted by molar-refractivity contribution is 5.77. The van der Waals surface area contributed by atoms with E-state index in [9.17, 15) is 4.79 Å². The molecule has 7 heteroatoms. The molecule has 7 nitrogen and oxygen atoms in total. The normalized spacial score (nSPS) is 28.2. The lowest BCUT2D eigenvalue weighted by Crippen LogP contribution is -2.54. The number of morpholine rings is 1. The van der Waals surface area contributed by atoms with Gasteiger partial charge in [-0.15, -0.1) is 0 Å². The summed E-state index contributed by atoms with van der Waals surface area (Å²) in [5.41, 5.74) is 0. The highest BCUT2D eigenvalue weighted by atomic mass is 16.5. The van der Waals surface area contributed by atoms with E-state index in [4.69, 9.17) is 9.47 Å². The van der Waals surface area contributed by atoms with Gasteiger partial charge in [-0.2, -0.15) is 0 Å². The van der Waals surface area contributed by atoms with Gasteiger partial charge in [-0.3, -0.25) is 9.69 Å². The molecule has 0 radical (unpaired) electrons. The molecule has 0 aromatic carbocycles. The van der Waals surface area contributed by atoms with Gasteiger partial charge < -0.3 is 24.6 Å². The zero-order chi connectivity index (χ0) is 16.8. The number of hydrogen-bond acceptors (Lipinski definition) is 6. The van der Waals surface area contributed by atoms with Crippen LogP contribution in [0.3, 0.4) is 0 Å². The van der Waals surface area contributed by atoms with Gasteiger partial charge in [0.1, 0.15) is 6.61 Å². The zero-order valence-corrected chi connectivity index (χ0v) is 14.9. The van der Waals surface area contributed by atoms with Gasteiger partial charge >= 0.3 is 0 Å². The molecule has 1 N–H and O–H groups in total. The van der Waals surface area contributed by atoms with E-state index >= 15 is 0 Å². The van der Waals surface area contributed by atoms with E-state index in [1.54, 1.807) is 0 Å². The number of piperidine rings is 1. The van der Waals surface area contributed by atoms with E-state index in [0.717, 1.165) is 39.3 Å². The van der Waals surface area contributed by atoms with Crippen molar-refractivity contribution in [1.82, 2.24) is 20.0 Å². The summed E-state index contributed by atoms with van der Waals surface area (Å²) in [6.07, 6.45) is 2.51. The van der Waals surface area contributed by atoms with Crippen LogP contribution in [0, 0.1) is 0 Å². The van der Waals surface area contributed by atoms with Crippen LogP contribution in [0.4, 0.5) is 0 Å². The largest absolute Gasteiger partial charge is 0.378 e. The van der Waals surface area contributed by atoms with E-state index in [1.807, 2.05) is 4.90 Å². The lowest BCUT2D eigenvalue weighted by Gasteiger charge is -2.42. The standard InChI is InChI=1S/C17H32N4O3/c1-19-5-2-16(3-6-19)20-7-9-21(10-8-20)17(22)14-24-13-15-12-23-11-4-18-15/h15-16,18H,2-14H2,1H3/t15-/m0/s1. The molecule has 0 unspecified atom stereocenters. The van der Waals surface area contributed by atoms with Gasteiger partial charge in [0.05, 0.1) is 25.9 Å². The van der Waals surface area contributed by atoms with Crippen LogP contribution in [0.15, 0.2) is 0 Å². The maximum absolute atomic E-state index is 12.3. The second-order valence-electron chi connectivity index (χ2n) is 7.19. The minimum absolute atomic E-state index is 0.120. The van der Waals surface area contributed by atoms with Gasteiger partial charge in [-0.1, -0.05) is 0 Å². The van der Waals surface area contributed by atoms with Crippen LogP contribution in [0.25, 0.3) is 0 Å². The monoisotopic (exact) mass is 340 g/mol. The van der Waals surface area contributed by atoms with E-state index in [2.05, 4.69) is 22.2 Å². The van der Waals surface area contributed by atoms with Crippen molar-refractivity contribution >= 4 is 5.91 Å². The topological polar surface area (TPSA) is 57.3 Å². The number of ether oxygens (including phenoxy) is 2. The second-order valence-corrected chi connectivity index (χ2v) is 7.19. The highest BCUT2D eigenvalue weighted by Gasteiger charge is 2.28. The third-order valence-corrected chi connectivity index (χ3v) is 5.41. The Balaban J connectivity index is 1.31. The van der Waals surface area contributed by atoms with E-state index in [0.29, 0.717) is 19.3 Å². The Kier molecular flexibility index (Phi) is 6.85. The minimum Gasteiger partial charge on any atom is -0.378 e. The van der Waals surface area contributed by atoms with Crippen LogP contribution in [0.1, 0.15) is 12.8 Å². The summed E-state index contributed by atoms with van der Waals surface area (Å²) in [6, 6.07) is 0.917. The fourth-order valence-electron chi connectivity index (χ4n) is 3.80. The van der Waals surface area contributed by atoms with E-state index in [1.165, 1.54) is 25.9 Å². The molecule has 3 aliphatic rings. The molecule has 0 saturated carbocycles. The van der Waals surface area contributed by atoms with Crippen molar-refractivity contribution in [2.75, 3.05) is 79.3 Å². The number of hydrogen-bond donors (Lipinski definition) is 1. The number of piperazine rings is 1. The first-order chi connectivity index (χ1) is 11.7. The smallest absolute Gasteiger partial charge is 0.248 e. The first-order valence-electron chi connectivity index (χ1n) is 9.31. The fourth-order valence-corrected chi connectivity index (χ4v) is 3.80. The molecule has 138 valence electrons. The van der Waals surface area contributed by atoms with Crippen LogP contribution in [-0.4, -0.2) is 112 Å². The predicted molar refractivity (Wildman–Crippen MR) is 92.1 cm³/mol. The summed E-state index contributed by atoms with van der Waals surface area (Å²) in [5, 5.41) is 3.33. The molecule has 3 fully saturated rings. The van der Waals surface area contributed by atoms with Crippen molar-refractivity contribution in [3.05, 3.63) is 0 Å². The SMILES string of the molecule is CN1CCC(N2CCN(C(=O)COC[C@@H]3COCCN3)CC2)CC1. The molecule has 3 saturated heterocycles. The van der Waals surface area contributed by atoms with E-state index in [-0.39, 0.29) is 18.6 Å². The molecule has 0 aliphatic carbocycles. The summed E-state index contributed by atoms with van der Waals surface area (Å²) in [5.74, 6) is 0.120. The second kappa shape index (κ2) is 9.10. The van der Waals surface area contributed by atoms with Gasteiger partial charge in [0, 0.05) is 38.8 Å². The number of rotatable bonds is 5. The third-order valence-electron chi connectivity index (χ3n) is 5.41. The Morgan fingerprint density at radius 3 is 2.58 bits per heavy atom. The van der Waals surface area contributed by atoms with Gasteiger partial charge in [0.15, 0.2) is 0 Å². The summed E-state index contributed by atoms with van der Waals surface area (Å²) in [4.78, 5) is 19.2. The average molecular weight is 340 g/mol. The first kappa shape index (κ1) is 18.1. The number of amides is 1. The Bertz CT molecular complexity index is 387. The molecule has 0 spiro atoms. The van der Waals surface area contributed by atoms with Crippen molar-refractivity contribution in [2.45, 2.75) is 24.9 Å². The molecule has 24 heavy (non-hydrogen) atoms. The third kappa shape index (κ3) is 5.13. The molecule has 0 bridgehead atoms. The zero-order valence-electron chi connectivity index (χ0n) is 14.9. The molecule has 3 rings (SSSR count). The van der Waals surface area contributed by atoms with Crippen LogP contribution >= 0.6 is 0 Å². The molecule has 1 amide bonds. The van der Waals surface area contributed by atoms with Crippen LogP contribution in [0.5, 0.6) is 0 Å². The molecule has 3 aliphatic heterocycles. The summed E-state index contributed by atoms with van der Waals surface area (Å²) < 4.78 is 11.0. The Labute approximate surface area is 145 Å². The maximum atomic E-state index is 12.3. The number of nitrogens with zero attached hydrogens (tertiary/aromatic N) is 3. The van der Waals surface area contributed by atoms with Crippen molar-refractivity contribution < 1.29 is 14.3 Å². The van der Waals surface area contributed by atoms with Gasteiger partial charge in [-0.05, 0) is 33.0 Å². The number of nitrogens with one attached hydrogen (secondary N) is 1. The molecular formula is C17H32N4O3. The minimum atomic E-state index is 0.120. The van der Waals surface area contributed by atoms with Crippen LogP contribution in [0.2, 0.25) is 0 Å². The average Bonchev–Trinajstić information content (AvgIpc) is 2.63. The van der Waals surface area contributed by atoms with Crippen molar-refractivity contribution in [3.63, 3.8) is 0 Å². The quantitative estimate of drug-likeness (QED) is 0.709. The van der Waals surface area contributed by atoms with Crippen molar-refractivity contribution in [2.24, 2.45) is 0 Å². The Morgan fingerprint density at radius 2 is 1.92 bits per heavy atom. The van der Waals surface area contributed by atoms with Crippen LogP contribution < -0.4 is 5.32 Å². The molecular weight excluding hydrogens is 308 g/mol. The van der Waals surface area contributed by atoms with E-state index < -0.39 is 0 Å². The maximum Gasteiger partial charge on any atom is 0.248 e. The first-order valence-corrected chi connectivity index (χ1v) is 9.31. The molecule has 0 aromatic heterocycles. The number of carbonyl (C=O) groups excluding carboxylic acids is 1. The summed E-state index contributed by atoms with van der Waals surface area (Å²) in [7, 11) is 2.20. The van der Waals surface area contributed by atoms with Crippen molar-refractivity contribution in [3.8, 4) is 0 Å². The van der Waals surface area contributed by atoms with Crippen molar-refractivity contribution in [1.29, 1.82) is 0 Å². The fraction of sp³-hybridized carbons (Fsp3) is 0.941. The highest BCUT2D eigenvalue weighted by Crippen LogP contribution is 2.17. The number of carbonyl (C=O) groups is 1.